The molecule has 0 bridgehead atoms. The second-order valence-electron chi connectivity index (χ2n) is 5.58. The van der Waals surface area contributed by atoms with E-state index >= 15 is 0 Å². The molecule has 1 aliphatic heterocycles. The molecule has 1 aromatic rings. The summed E-state index contributed by atoms with van der Waals surface area (Å²) in [5.74, 6) is 1.49. The number of aromatic nitrogens is 2. The van der Waals surface area contributed by atoms with Crippen LogP contribution in [0.25, 0.3) is 0 Å². The third kappa shape index (κ3) is 2.83. The zero-order valence-corrected chi connectivity index (χ0v) is 12.7. The zero-order chi connectivity index (χ0) is 13.9. The minimum atomic E-state index is 0.627. The maximum Gasteiger partial charge on any atom is 0.224 e. The molecule has 1 aromatic heterocycles. The minimum Gasteiger partial charge on any atom is -0.357 e. The van der Waals surface area contributed by atoms with E-state index < -0.39 is 0 Å². The average molecular weight is 296 g/mol. The lowest BCUT2D eigenvalue weighted by atomic mass is 10.2. The van der Waals surface area contributed by atoms with Crippen LogP contribution in [0.4, 0.5) is 11.8 Å². The number of nitrogens with zero attached hydrogens (tertiary/aromatic N) is 4. The zero-order valence-electron chi connectivity index (χ0n) is 12.0. The lowest BCUT2D eigenvalue weighted by Crippen LogP contribution is -2.50. The van der Waals surface area contributed by atoms with Crippen molar-refractivity contribution in [2.75, 3.05) is 43.4 Å². The first-order valence-electron chi connectivity index (χ1n) is 7.47. The Morgan fingerprint density at radius 2 is 1.90 bits per heavy atom. The highest BCUT2D eigenvalue weighted by Gasteiger charge is 2.27. The van der Waals surface area contributed by atoms with E-state index in [4.69, 9.17) is 11.6 Å². The van der Waals surface area contributed by atoms with Crippen LogP contribution in [-0.4, -0.2) is 54.1 Å². The molecule has 0 unspecified atom stereocenters. The van der Waals surface area contributed by atoms with Gasteiger partial charge in [-0.2, -0.15) is 4.98 Å². The third-order valence-corrected chi connectivity index (χ3v) is 4.67. The largest absolute Gasteiger partial charge is 0.357 e. The quantitative estimate of drug-likeness (QED) is 0.926. The lowest BCUT2D eigenvalue weighted by molar-refractivity contribution is 0.187. The van der Waals surface area contributed by atoms with Gasteiger partial charge in [0.1, 0.15) is 5.02 Å². The Balaban J connectivity index is 1.65. The van der Waals surface area contributed by atoms with Gasteiger partial charge >= 0.3 is 0 Å². The van der Waals surface area contributed by atoms with Gasteiger partial charge in [0.2, 0.25) is 5.95 Å². The summed E-state index contributed by atoms with van der Waals surface area (Å²) in [6, 6.07) is 0.811. The van der Waals surface area contributed by atoms with Crippen molar-refractivity contribution >= 4 is 23.4 Å². The molecular formula is C14H22ClN5. The van der Waals surface area contributed by atoms with E-state index in [1.165, 1.54) is 25.7 Å². The van der Waals surface area contributed by atoms with Crippen LogP contribution in [0.3, 0.4) is 0 Å². The third-order valence-electron chi connectivity index (χ3n) is 4.40. The number of hydrogen-bond donors (Lipinski definition) is 1. The summed E-state index contributed by atoms with van der Waals surface area (Å²) in [5.41, 5.74) is 0. The second kappa shape index (κ2) is 6.14. The van der Waals surface area contributed by atoms with Crippen LogP contribution in [0.15, 0.2) is 6.20 Å². The van der Waals surface area contributed by atoms with Crippen molar-refractivity contribution in [2.45, 2.75) is 31.7 Å². The standard InChI is InChI=1S/C14H22ClN5/c1-16-14-17-10-12(15)13(18-14)20-8-6-19(7-9-20)11-4-2-3-5-11/h10-11H,2-9H2,1H3,(H,16,17,18). The van der Waals surface area contributed by atoms with Crippen LogP contribution in [-0.2, 0) is 0 Å². The van der Waals surface area contributed by atoms with Gasteiger partial charge in [-0.25, -0.2) is 4.98 Å². The van der Waals surface area contributed by atoms with Gasteiger partial charge in [-0.05, 0) is 12.8 Å². The molecule has 0 spiro atoms. The number of halogens is 1. The van der Waals surface area contributed by atoms with Gasteiger partial charge in [0.05, 0.1) is 6.20 Å². The monoisotopic (exact) mass is 295 g/mol. The first-order valence-corrected chi connectivity index (χ1v) is 7.85. The highest BCUT2D eigenvalue weighted by Crippen LogP contribution is 2.28. The minimum absolute atomic E-state index is 0.627. The van der Waals surface area contributed by atoms with E-state index in [0.717, 1.165) is 38.0 Å². The van der Waals surface area contributed by atoms with Gasteiger partial charge in [0.15, 0.2) is 5.82 Å². The van der Waals surface area contributed by atoms with Crippen molar-refractivity contribution < 1.29 is 0 Å². The maximum absolute atomic E-state index is 6.24. The summed E-state index contributed by atoms with van der Waals surface area (Å²) in [7, 11) is 1.82. The maximum atomic E-state index is 6.24. The first-order chi connectivity index (χ1) is 9.78. The molecule has 0 amide bonds. The Hall–Kier alpha value is -1.07. The van der Waals surface area contributed by atoms with E-state index in [9.17, 15) is 0 Å². The highest BCUT2D eigenvalue weighted by atomic mass is 35.5. The Morgan fingerprint density at radius 1 is 1.20 bits per heavy atom. The topological polar surface area (TPSA) is 44.3 Å². The Bertz CT molecular complexity index is 453. The summed E-state index contributed by atoms with van der Waals surface area (Å²) >= 11 is 6.24. The summed E-state index contributed by atoms with van der Waals surface area (Å²) < 4.78 is 0. The lowest BCUT2D eigenvalue weighted by Gasteiger charge is -2.38. The molecule has 1 saturated heterocycles. The van der Waals surface area contributed by atoms with E-state index in [2.05, 4.69) is 25.1 Å². The van der Waals surface area contributed by atoms with Gasteiger partial charge in [-0.3, -0.25) is 4.90 Å². The fraction of sp³-hybridized carbons (Fsp3) is 0.714. The smallest absolute Gasteiger partial charge is 0.224 e. The summed E-state index contributed by atoms with van der Waals surface area (Å²) in [4.78, 5) is 13.5. The molecule has 1 saturated carbocycles. The molecule has 110 valence electrons. The predicted molar refractivity (Wildman–Crippen MR) is 82.6 cm³/mol. The fourth-order valence-electron chi connectivity index (χ4n) is 3.27. The molecule has 0 atom stereocenters. The second-order valence-corrected chi connectivity index (χ2v) is 5.98. The molecule has 1 N–H and O–H groups in total. The fourth-order valence-corrected chi connectivity index (χ4v) is 3.48. The number of nitrogens with one attached hydrogen (secondary N) is 1. The van der Waals surface area contributed by atoms with E-state index in [1.807, 2.05) is 7.05 Å². The van der Waals surface area contributed by atoms with Crippen LogP contribution in [0, 0.1) is 0 Å². The van der Waals surface area contributed by atoms with Crippen molar-refractivity contribution in [1.29, 1.82) is 0 Å². The SMILES string of the molecule is CNc1ncc(Cl)c(N2CCN(C3CCCC3)CC2)n1. The molecule has 1 aliphatic carbocycles. The molecule has 6 heteroatoms. The number of hydrogen-bond acceptors (Lipinski definition) is 5. The molecule has 2 fully saturated rings. The molecule has 0 radical (unpaired) electrons. The highest BCUT2D eigenvalue weighted by molar-refractivity contribution is 6.32. The molecule has 2 heterocycles. The van der Waals surface area contributed by atoms with Crippen LogP contribution in [0.5, 0.6) is 0 Å². The first kappa shape index (κ1) is 13.9. The van der Waals surface area contributed by atoms with E-state index in [1.54, 1.807) is 6.20 Å². The van der Waals surface area contributed by atoms with Crippen molar-refractivity contribution in [3.8, 4) is 0 Å². The predicted octanol–water partition coefficient (Wildman–Crippen LogP) is 2.24. The molecule has 0 aromatic carbocycles. The van der Waals surface area contributed by atoms with Gasteiger partial charge in [-0.1, -0.05) is 24.4 Å². The number of rotatable bonds is 3. The van der Waals surface area contributed by atoms with Gasteiger partial charge in [0.25, 0.3) is 0 Å². The van der Waals surface area contributed by atoms with Crippen molar-refractivity contribution in [2.24, 2.45) is 0 Å². The van der Waals surface area contributed by atoms with Gasteiger partial charge < -0.3 is 10.2 Å². The Labute approximate surface area is 125 Å². The number of anilines is 2. The van der Waals surface area contributed by atoms with Gasteiger partial charge in [0, 0.05) is 39.3 Å². The number of piperazine rings is 1. The van der Waals surface area contributed by atoms with Crippen LogP contribution in [0.1, 0.15) is 25.7 Å². The molecule has 3 rings (SSSR count). The molecule has 2 aliphatic rings. The van der Waals surface area contributed by atoms with Crippen LogP contribution >= 0.6 is 11.6 Å². The molecular weight excluding hydrogens is 274 g/mol. The van der Waals surface area contributed by atoms with Crippen molar-refractivity contribution in [3.63, 3.8) is 0 Å². The summed E-state index contributed by atoms with van der Waals surface area (Å²) in [5, 5.41) is 3.61. The summed E-state index contributed by atoms with van der Waals surface area (Å²) in [6.07, 6.45) is 7.22. The van der Waals surface area contributed by atoms with Crippen molar-refractivity contribution in [1.82, 2.24) is 14.9 Å². The Morgan fingerprint density at radius 3 is 2.55 bits per heavy atom. The molecule has 20 heavy (non-hydrogen) atoms. The van der Waals surface area contributed by atoms with E-state index in [0.29, 0.717) is 11.0 Å². The Kier molecular flexibility index (Phi) is 4.27. The van der Waals surface area contributed by atoms with Crippen LogP contribution < -0.4 is 10.2 Å². The normalized spacial score (nSPS) is 21.4. The average Bonchev–Trinajstić information content (AvgIpc) is 3.02. The van der Waals surface area contributed by atoms with Crippen LogP contribution in [0.2, 0.25) is 5.02 Å². The molecule has 5 nitrogen and oxygen atoms in total. The van der Waals surface area contributed by atoms with E-state index in [-0.39, 0.29) is 0 Å². The van der Waals surface area contributed by atoms with Gasteiger partial charge in [-0.15, -0.1) is 0 Å². The summed E-state index contributed by atoms with van der Waals surface area (Å²) in [6.45, 7) is 4.21. The van der Waals surface area contributed by atoms with Crippen molar-refractivity contribution in [3.05, 3.63) is 11.2 Å².